The molecule has 1 aromatic carbocycles. The number of amides is 2. The fraction of sp³-hybridized carbons (Fsp3) is 0.636. The van der Waals surface area contributed by atoms with Crippen molar-refractivity contribution < 1.29 is 9.59 Å². The van der Waals surface area contributed by atoms with Crippen molar-refractivity contribution in [3.8, 4) is 0 Å². The van der Waals surface area contributed by atoms with Crippen molar-refractivity contribution in [2.45, 2.75) is 83.6 Å². The van der Waals surface area contributed by atoms with Crippen LogP contribution in [0.1, 0.15) is 77.6 Å². The number of benzene rings is 1. The number of rotatable bonds is 3. The molecular formula is C22H34N2O2. The van der Waals surface area contributed by atoms with Crippen LogP contribution in [0.3, 0.4) is 0 Å². The highest BCUT2D eigenvalue weighted by Crippen LogP contribution is 2.18. The van der Waals surface area contributed by atoms with E-state index >= 15 is 0 Å². The van der Waals surface area contributed by atoms with Crippen LogP contribution in [-0.2, 0) is 9.59 Å². The minimum atomic E-state index is -0.465. The van der Waals surface area contributed by atoms with E-state index in [-0.39, 0.29) is 6.04 Å². The second-order valence-corrected chi connectivity index (χ2v) is 7.31. The van der Waals surface area contributed by atoms with Crippen LogP contribution in [0.4, 0.5) is 5.69 Å². The molecule has 0 aromatic heterocycles. The van der Waals surface area contributed by atoms with E-state index in [1.165, 1.54) is 44.9 Å². The zero-order chi connectivity index (χ0) is 18.6. The largest absolute Gasteiger partial charge is 0.345 e. The number of para-hydroxylation sites is 1. The lowest BCUT2D eigenvalue weighted by Crippen LogP contribution is -2.46. The Morgan fingerprint density at radius 2 is 1.38 bits per heavy atom. The van der Waals surface area contributed by atoms with E-state index in [1.807, 2.05) is 37.3 Å². The molecule has 0 saturated heterocycles. The number of hydrogen-bond acceptors (Lipinski definition) is 2. The minimum Gasteiger partial charge on any atom is -0.345 e. The number of nitrogens with zero attached hydrogens (tertiary/aromatic N) is 1. The minimum absolute atomic E-state index is 0.125. The topological polar surface area (TPSA) is 49.4 Å². The fourth-order valence-electron chi connectivity index (χ4n) is 3.73. The summed E-state index contributed by atoms with van der Waals surface area (Å²) < 4.78 is 0. The predicted molar refractivity (Wildman–Crippen MR) is 107 cm³/mol. The van der Waals surface area contributed by atoms with Crippen LogP contribution < -0.4 is 10.2 Å². The van der Waals surface area contributed by atoms with Gasteiger partial charge in [0.25, 0.3) is 0 Å². The van der Waals surface area contributed by atoms with Crippen LogP contribution >= 0.6 is 0 Å². The van der Waals surface area contributed by atoms with Gasteiger partial charge in [-0.05, 0) is 31.9 Å². The lowest BCUT2D eigenvalue weighted by molar-refractivity contribution is -0.138. The van der Waals surface area contributed by atoms with Crippen molar-refractivity contribution in [1.29, 1.82) is 0 Å². The molecule has 0 heterocycles. The van der Waals surface area contributed by atoms with E-state index in [2.05, 4.69) is 5.32 Å². The third kappa shape index (κ3) is 6.81. The molecule has 0 radical (unpaired) electrons. The zero-order valence-electron chi connectivity index (χ0n) is 16.2. The molecule has 1 N–H and O–H groups in total. The van der Waals surface area contributed by atoms with Gasteiger partial charge in [-0.3, -0.25) is 9.59 Å². The van der Waals surface area contributed by atoms with Crippen LogP contribution in [0.2, 0.25) is 0 Å². The maximum atomic E-state index is 12.6. The van der Waals surface area contributed by atoms with Crippen molar-refractivity contribution in [3.63, 3.8) is 0 Å². The molecule has 0 aliphatic heterocycles. The monoisotopic (exact) mass is 358 g/mol. The van der Waals surface area contributed by atoms with Crippen molar-refractivity contribution in [3.05, 3.63) is 30.3 Å². The highest BCUT2D eigenvalue weighted by atomic mass is 16.2. The molecule has 1 aromatic rings. The van der Waals surface area contributed by atoms with E-state index in [4.69, 9.17) is 0 Å². The Balaban J connectivity index is 1.92. The highest BCUT2D eigenvalue weighted by Gasteiger charge is 2.24. The smallest absolute Gasteiger partial charge is 0.316 e. The number of carbonyl (C=O) groups excluding carboxylic acids is 2. The summed E-state index contributed by atoms with van der Waals surface area (Å²) in [5.74, 6) is -0.919. The van der Waals surface area contributed by atoms with Gasteiger partial charge in [-0.1, -0.05) is 76.0 Å². The van der Waals surface area contributed by atoms with Crippen LogP contribution in [0.15, 0.2) is 30.3 Å². The van der Waals surface area contributed by atoms with E-state index in [0.29, 0.717) is 6.54 Å². The summed E-state index contributed by atoms with van der Waals surface area (Å²) >= 11 is 0. The van der Waals surface area contributed by atoms with E-state index in [1.54, 1.807) is 4.90 Å². The Kier molecular flexibility index (Phi) is 9.22. The first kappa shape index (κ1) is 20.5. The SMILES string of the molecule is CCN(C(=O)C(=O)NC1CCCCCCCCCCC1)c1ccccc1. The Morgan fingerprint density at radius 1 is 0.885 bits per heavy atom. The summed E-state index contributed by atoms with van der Waals surface area (Å²) in [6, 6.07) is 9.54. The number of anilines is 1. The molecule has 0 atom stereocenters. The van der Waals surface area contributed by atoms with Crippen molar-refractivity contribution in [2.24, 2.45) is 0 Å². The second kappa shape index (κ2) is 11.7. The molecule has 1 aliphatic rings. The maximum Gasteiger partial charge on any atom is 0.316 e. The molecule has 1 fully saturated rings. The van der Waals surface area contributed by atoms with Crippen molar-refractivity contribution >= 4 is 17.5 Å². The molecule has 26 heavy (non-hydrogen) atoms. The van der Waals surface area contributed by atoms with E-state index in [0.717, 1.165) is 31.4 Å². The van der Waals surface area contributed by atoms with Gasteiger partial charge in [0.1, 0.15) is 0 Å². The van der Waals surface area contributed by atoms with Gasteiger partial charge < -0.3 is 10.2 Å². The third-order valence-corrected chi connectivity index (χ3v) is 5.26. The van der Waals surface area contributed by atoms with Gasteiger partial charge in [-0.2, -0.15) is 0 Å². The van der Waals surface area contributed by atoms with Crippen molar-refractivity contribution in [1.82, 2.24) is 5.32 Å². The number of likely N-dealkylation sites (N-methyl/N-ethyl adjacent to an activating group) is 1. The van der Waals surface area contributed by atoms with Gasteiger partial charge in [-0.15, -0.1) is 0 Å². The molecule has 1 saturated carbocycles. The standard InChI is InChI=1S/C22H34N2O2/c1-2-24(20-17-13-10-14-18-20)22(26)21(25)23-19-15-11-8-6-4-3-5-7-9-12-16-19/h10,13-14,17-19H,2-9,11-12,15-16H2,1H3,(H,23,25). The van der Waals surface area contributed by atoms with Gasteiger partial charge >= 0.3 is 11.8 Å². The normalized spacial score (nSPS) is 17.6. The Morgan fingerprint density at radius 3 is 1.88 bits per heavy atom. The summed E-state index contributed by atoms with van der Waals surface area (Å²) in [4.78, 5) is 26.7. The molecular weight excluding hydrogens is 324 g/mol. The quantitative estimate of drug-likeness (QED) is 0.787. The van der Waals surface area contributed by atoms with Crippen LogP contribution in [0, 0.1) is 0 Å². The first-order valence-electron chi connectivity index (χ1n) is 10.4. The average molecular weight is 359 g/mol. The lowest BCUT2D eigenvalue weighted by Gasteiger charge is -2.23. The summed E-state index contributed by atoms with van der Waals surface area (Å²) in [6.07, 6.45) is 13.3. The maximum absolute atomic E-state index is 12.6. The molecule has 0 bridgehead atoms. The summed E-state index contributed by atoms with van der Waals surface area (Å²) in [5.41, 5.74) is 0.772. The molecule has 0 unspecified atom stereocenters. The zero-order valence-corrected chi connectivity index (χ0v) is 16.2. The van der Waals surface area contributed by atoms with E-state index < -0.39 is 11.8 Å². The molecule has 1 aliphatic carbocycles. The molecule has 2 amide bonds. The first-order valence-corrected chi connectivity index (χ1v) is 10.4. The Bertz CT molecular complexity index is 532. The van der Waals surface area contributed by atoms with Crippen LogP contribution in [-0.4, -0.2) is 24.4 Å². The van der Waals surface area contributed by atoms with Crippen LogP contribution in [0.25, 0.3) is 0 Å². The number of nitrogens with one attached hydrogen (secondary N) is 1. The fourth-order valence-corrected chi connectivity index (χ4v) is 3.73. The second-order valence-electron chi connectivity index (χ2n) is 7.31. The number of hydrogen-bond donors (Lipinski definition) is 1. The van der Waals surface area contributed by atoms with Crippen LogP contribution in [0.5, 0.6) is 0 Å². The van der Waals surface area contributed by atoms with Gasteiger partial charge in [0.2, 0.25) is 0 Å². The van der Waals surface area contributed by atoms with Crippen molar-refractivity contribution in [2.75, 3.05) is 11.4 Å². The number of carbonyl (C=O) groups is 2. The molecule has 144 valence electrons. The first-order chi connectivity index (χ1) is 12.7. The Labute approximate surface area is 158 Å². The van der Waals surface area contributed by atoms with Gasteiger partial charge in [0, 0.05) is 18.3 Å². The molecule has 2 rings (SSSR count). The predicted octanol–water partition coefficient (Wildman–Crippen LogP) is 4.83. The molecule has 4 nitrogen and oxygen atoms in total. The van der Waals surface area contributed by atoms with Gasteiger partial charge in [-0.25, -0.2) is 0 Å². The molecule has 0 spiro atoms. The third-order valence-electron chi connectivity index (χ3n) is 5.26. The average Bonchev–Trinajstić information content (AvgIpc) is 2.65. The summed E-state index contributed by atoms with van der Waals surface area (Å²) in [6.45, 7) is 2.38. The van der Waals surface area contributed by atoms with Gasteiger partial charge in [0.05, 0.1) is 0 Å². The highest BCUT2D eigenvalue weighted by molar-refractivity contribution is 6.40. The Hall–Kier alpha value is -1.84. The lowest BCUT2D eigenvalue weighted by atomic mass is 9.98. The summed E-state index contributed by atoms with van der Waals surface area (Å²) in [7, 11) is 0. The van der Waals surface area contributed by atoms with Gasteiger partial charge in [0.15, 0.2) is 0 Å². The summed E-state index contributed by atoms with van der Waals surface area (Å²) in [5, 5.41) is 3.03. The van der Waals surface area contributed by atoms with E-state index in [9.17, 15) is 9.59 Å². The molecule has 4 heteroatoms.